The minimum atomic E-state index is -0.246. The Morgan fingerprint density at radius 1 is 1.29 bits per heavy atom. The number of nitriles is 1. The van der Waals surface area contributed by atoms with Crippen molar-refractivity contribution in [1.82, 2.24) is 9.88 Å². The lowest BCUT2D eigenvalue weighted by molar-refractivity contribution is 0.245. The maximum Gasteiger partial charge on any atom is 0.127 e. The zero-order valence-corrected chi connectivity index (χ0v) is 13.9. The van der Waals surface area contributed by atoms with E-state index >= 15 is 0 Å². The van der Waals surface area contributed by atoms with Crippen LogP contribution >= 0.6 is 11.3 Å². The number of para-hydroxylation sites is 1. The third-order valence-electron chi connectivity index (χ3n) is 4.51. The molecule has 1 fully saturated rings. The van der Waals surface area contributed by atoms with Gasteiger partial charge in [-0.15, -0.1) is 11.3 Å². The van der Waals surface area contributed by atoms with Crippen LogP contribution in [0.25, 0.3) is 10.2 Å². The number of hydrogen-bond donors (Lipinski definition) is 0. The summed E-state index contributed by atoms with van der Waals surface area (Å²) in [5, 5.41) is 10.1. The van der Waals surface area contributed by atoms with Crippen molar-refractivity contribution >= 4 is 21.6 Å². The molecule has 2 heterocycles. The van der Waals surface area contributed by atoms with Gasteiger partial charge in [-0.25, -0.2) is 9.37 Å². The number of fused-ring (bicyclic) bond motifs is 1. The first-order valence-corrected chi connectivity index (χ1v) is 8.84. The Morgan fingerprint density at radius 3 is 3.00 bits per heavy atom. The van der Waals surface area contributed by atoms with Crippen molar-refractivity contribution in [1.29, 1.82) is 5.26 Å². The van der Waals surface area contributed by atoms with E-state index < -0.39 is 0 Å². The highest BCUT2D eigenvalue weighted by Gasteiger charge is 2.29. The van der Waals surface area contributed by atoms with Gasteiger partial charge >= 0.3 is 0 Å². The van der Waals surface area contributed by atoms with E-state index in [1.165, 1.54) is 16.8 Å². The predicted molar refractivity (Wildman–Crippen MR) is 93.1 cm³/mol. The van der Waals surface area contributed by atoms with Gasteiger partial charge in [0.15, 0.2) is 0 Å². The molecule has 0 radical (unpaired) electrons. The van der Waals surface area contributed by atoms with Crippen LogP contribution in [0, 0.1) is 17.1 Å². The number of hydrogen-bond acceptors (Lipinski definition) is 4. The van der Waals surface area contributed by atoms with Crippen LogP contribution in [0.5, 0.6) is 0 Å². The predicted octanol–water partition coefficient (Wildman–Crippen LogP) is 4.64. The Morgan fingerprint density at radius 2 is 2.17 bits per heavy atom. The van der Waals surface area contributed by atoms with Crippen molar-refractivity contribution in [3.63, 3.8) is 0 Å². The van der Waals surface area contributed by atoms with E-state index in [9.17, 15) is 4.39 Å². The van der Waals surface area contributed by atoms with Gasteiger partial charge in [-0.05, 0) is 49.7 Å². The van der Waals surface area contributed by atoms with Gasteiger partial charge in [-0.3, -0.25) is 4.90 Å². The van der Waals surface area contributed by atoms with Gasteiger partial charge in [0, 0.05) is 12.1 Å². The molecule has 1 atom stereocenters. The highest BCUT2D eigenvalue weighted by atomic mass is 32.1. The van der Waals surface area contributed by atoms with E-state index in [2.05, 4.69) is 17.0 Å². The summed E-state index contributed by atoms with van der Waals surface area (Å²) in [6, 6.07) is 15.0. The van der Waals surface area contributed by atoms with Crippen LogP contribution in [0.1, 0.15) is 35.0 Å². The summed E-state index contributed by atoms with van der Waals surface area (Å²) in [6.07, 6.45) is 2.12. The molecule has 1 aromatic heterocycles. The van der Waals surface area contributed by atoms with Crippen molar-refractivity contribution in [3.05, 3.63) is 64.4 Å². The van der Waals surface area contributed by atoms with E-state index in [0.717, 1.165) is 29.9 Å². The Balaban J connectivity index is 1.62. The first-order chi connectivity index (χ1) is 11.7. The summed E-state index contributed by atoms with van der Waals surface area (Å²) in [6.45, 7) is 1.44. The second kappa shape index (κ2) is 6.31. The van der Waals surface area contributed by atoms with Crippen LogP contribution in [0.2, 0.25) is 0 Å². The molecule has 0 N–H and O–H groups in total. The van der Waals surface area contributed by atoms with Crippen LogP contribution in [0.15, 0.2) is 42.5 Å². The number of likely N-dealkylation sites (tertiary alicyclic amines) is 1. The molecule has 1 saturated heterocycles. The molecule has 0 bridgehead atoms. The minimum Gasteiger partial charge on any atom is -0.290 e. The lowest BCUT2D eigenvalue weighted by Crippen LogP contribution is -2.23. The molecule has 5 heteroatoms. The van der Waals surface area contributed by atoms with Gasteiger partial charge in [-0.1, -0.05) is 12.1 Å². The maximum absolute atomic E-state index is 14.1. The summed E-state index contributed by atoms with van der Waals surface area (Å²) in [5.41, 5.74) is 2.12. The molecule has 1 unspecified atom stereocenters. The zero-order valence-electron chi connectivity index (χ0n) is 13.1. The third kappa shape index (κ3) is 2.79. The highest BCUT2D eigenvalue weighted by Crippen LogP contribution is 2.37. The third-order valence-corrected chi connectivity index (χ3v) is 5.65. The van der Waals surface area contributed by atoms with E-state index in [4.69, 9.17) is 10.2 Å². The lowest BCUT2D eigenvalue weighted by atomic mass is 10.1. The molecule has 0 aliphatic carbocycles. The largest absolute Gasteiger partial charge is 0.290 e. The SMILES string of the molecule is N#Cc1ccc(F)c(CN2CCCC2c2nc3ccccc3s2)c1. The summed E-state index contributed by atoms with van der Waals surface area (Å²) < 4.78 is 15.3. The molecular formula is C19H16FN3S. The second-order valence-electron chi connectivity index (χ2n) is 6.07. The first kappa shape index (κ1) is 15.3. The number of halogens is 1. The van der Waals surface area contributed by atoms with Gasteiger partial charge in [0.25, 0.3) is 0 Å². The molecule has 4 rings (SSSR count). The van der Waals surface area contributed by atoms with Crippen LogP contribution in [-0.4, -0.2) is 16.4 Å². The van der Waals surface area contributed by atoms with Gasteiger partial charge in [0.1, 0.15) is 10.8 Å². The number of aromatic nitrogens is 1. The fraction of sp³-hybridized carbons (Fsp3) is 0.263. The smallest absolute Gasteiger partial charge is 0.127 e. The van der Waals surface area contributed by atoms with Gasteiger partial charge in [-0.2, -0.15) is 5.26 Å². The molecule has 3 aromatic rings. The van der Waals surface area contributed by atoms with Gasteiger partial charge in [0.05, 0.1) is 27.9 Å². The van der Waals surface area contributed by atoms with Crippen molar-refractivity contribution in [2.45, 2.75) is 25.4 Å². The Hall–Kier alpha value is -2.29. The second-order valence-corrected chi connectivity index (χ2v) is 7.13. The topological polar surface area (TPSA) is 39.9 Å². The molecular weight excluding hydrogens is 321 g/mol. The van der Waals surface area contributed by atoms with Gasteiger partial charge in [0.2, 0.25) is 0 Å². The van der Waals surface area contributed by atoms with Crippen molar-refractivity contribution in [3.8, 4) is 6.07 Å². The van der Waals surface area contributed by atoms with Crippen LogP contribution in [0.4, 0.5) is 4.39 Å². The van der Waals surface area contributed by atoms with E-state index in [0.29, 0.717) is 17.7 Å². The standard InChI is InChI=1S/C19H16FN3S/c20-15-8-7-13(11-21)10-14(15)12-23-9-3-5-17(23)19-22-16-4-1-2-6-18(16)24-19/h1-2,4,6-8,10,17H,3,5,9,12H2. The normalized spacial score (nSPS) is 18.1. The Labute approximate surface area is 144 Å². The quantitative estimate of drug-likeness (QED) is 0.699. The van der Waals surface area contributed by atoms with E-state index in [1.807, 2.05) is 18.2 Å². The highest BCUT2D eigenvalue weighted by molar-refractivity contribution is 7.18. The fourth-order valence-corrected chi connectivity index (χ4v) is 4.45. The molecule has 0 spiro atoms. The van der Waals surface area contributed by atoms with Crippen molar-refractivity contribution in [2.24, 2.45) is 0 Å². The number of rotatable bonds is 3. The van der Waals surface area contributed by atoms with Crippen LogP contribution in [0.3, 0.4) is 0 Å². The molecule has 120 valence electrons. The molecule has 2 aromatic carbocycles. The van der Waals surface area contributed by atoms with Crippen molar-refractivity contribution in [2.75, 3.05) is 6.54 Å². The van der Waals surface area contributed by atoms with Crippen LogP contribution in [-0.2, 0) is 6.54 Å². The van der Waals surface area contributed by atoms with E-state index in [1.54, 1.807) is 17.4 Å². The minimum absolute atomic E-state index is 0.229. The number of benzene rings is 2. The number of nitrogens with zero attached hydrogens (tertiary/aromatic N) is 3. The average Bonchev–Trinajstić information content (AvgIpc) is 3.22. The van der Waals surface area contributed by atoms with Crippen LogP contribution < -0.4 is 0 Å². The summed E-state index contributed by atoms with van der Waals surface area (Å²) >= 11 is 1.72. The summed E-state index contributed by atoms with van der Waals surface area (Å²) in [4.78, 5) is 7.05. The molecule has 1 aliphatic heterocycles. The molecule has 3 nitrogen and oxygen atoms in total. The molecule has 0 amide bonds. The van der Waals surface area contributed by atoms with Crippen molar-refractivity contribution < 1.29 is 4.39 Å². The monoisotopic (exact) mass is 337 g/mol. The molecule has 0 saturated carbocycles. The zero-order chi connectivity index (χ0) is 16.5. The molecule has 1 aliphatic rings. The Kier molecular flexibility index (Phi) is 4.01. The number of thiazole rings is 1. The summed E-state index contributed by atoms with van der Waals surface area (Å²) in [5.74, 6) is -0.246. The summed E-state index contributed by atoms with van der Waals surface area (Å²) in [7, 11) is 0. The maximum atomic E-state index is 14.1. The van der Waals surface area contributed by atoms with Gasteiger partial charge < -0.3 is 0 Å². The lowest BCUT2D eigenvalue weighted by Gasteiger charge is -2.23. The molecule has 24 heavy (non-hydrogen) atoms. The fourth-order valence-electron chi connectivity index (χ4n) is 3.31. The average molecular weight is 337 g/mol. The first-order valence-electron chi connectivity index (χ1n) is 8.02. The van der Waals surface area contributed by atoms with E-state index in [-0.39, 0.29) is 11.9 Å². The Bertz CT molecular complexity index is 895.